The molecule has 0 radical (unpaired) electrons. The summed E-state index contributed by atoms with van der Waals surface area (Å²) in [6.45, 7) is 0.551. The fourth-order valence-corrected chi connectivity index (χ4v) is 1.59. The minimum atomic E-state index is -0.760. The minimum absolute atomic E-state index is 0.266. The van der Waals surface area contributed by atoms with E-state index in [4.69, 9.17) is 10.2 Å². The molecule has 0 bridgehead atoms. The number of nitrogens with one attached hydrogen (secondary N) is 1. The molecule has 0 aliphatic heterocycles. The van der Waals surface area contributed by atoms with Gasteiger partial charge in [0.1, 0.15) is 5.82 Å². The van der Waals surface area contributed by atoms with Gasteiger partial charge >= 0.3 is 0 Å². The number of aliphatic hydroxyl groups is 2. The quantitative estimate of drug-likeness (QED) is 0.754. The zero-order valence-corrected chi connectivity index (χ0v) is 9.67. The van der Waals surface area contributed by atoms with Crippen LogP contribution in [0.3, 0.4) is 0 Å². The predicted octanol–water partition coefficient (Wildman–Crippen LogP) is 1.03. The van der Waals surface area contributed by atoms with Gasteiger partial charge in [-0.2, -0.15) is 0 Å². The maximum absolute atomic E-state index is 12.7. The van der Waals surface area contributed by atoms with Crippen LogP contribution in [0.4, 0.5) is 4.39 Å². The SMILES string of the molecule is OC[C@H](O)CNCc1ccc(F)cc1Br. The van der Waals surface area contributed by atoms with E-state index in [9.17, 15) is 4.39 Å². The number of benzene rings is 1. The van der Waals surface area contributed by atoms with Crippen molar-refractivity contribution < 1.29 is 14.6 Å². The van der Waals surface area contributed by atoms with Crippen LogP contribution in [0.2, 0.25) is 0 Å². The van der Waals surface area contributed by atoms with Gasteiger partial charge in [-0.05, 0) is 17.7 Å². The van der Waals surface area contributed by atoms with Gasteiger partial charge in [-0.3, -0.25) is 0 Å². The minimum Gasteiger partial charge on any atom is -0.394 e. The molecule has 1 rings (SSSR count). The Kier molecular flexibility index (Phi) is 5.17. The second-order valence-corrected chi connectivity index (χ2v) is 4.06. The Labute approximate surface area is 96.1 Å². The lowest BCUT2D eigenvalue weighted by molar-refractivity contribution is 0.0942. The van der Waals surface area contributed by atoms with E-state index in [2.05, 4.69) is 21.2 Å². The topological polar surface area (TPSA) is 52.5 Å². The molecule has 1 aromatic carbocycles. The summed E-state index contributed by atoms with van der Waals surface area (Å²) >= 11 is 3.24. The summed E-state index contributed by atoms with van der Waals surface area (Å²) in [6.07, 6.45) is -0.760. The van der Waals surface area contributed by atoms with Crippen LogP contribution < -0.4 is 5.32 Å². The predicted molar refractivity (Wildman–Crippen MR) is 58.9 cm³/mol. The molecule has 5 heteroatoms. The van der Waals surface area contributed by atoms with Crippen molar-refractivity contribution in [2.45, 2.75) is 12.6 Å². The average Bonchev–Trinajstić information content (AvgIpc) is 2.21. The summed E-state index contributed by atoms with van der Waals surface area (Å²) in [7, 11) is 0. The van der Waals surface area contributed by atoms with Gasteiger partial charge in [-0.1, -0.05) is 22.0 Å². The molecule has 1 aromatic rings. The third-order valence-electron chi connectivity index (χ3n) is 1.92. The highest BCUT2D eigenvalue weighted by molar-refractivity contribution is 9.10. The Balaban J connectivity index is 2.44. The first-order chi connectivity index (χ1) is 7.13. The summed E-state index contributed by atoms with van der Waals surface area (Å²) in [5, 5.41) is 20.6. The van der Waals surface area contributed by atoms with E-state index in [0.29, 0.717) is 17.6 Å². The zero-order chi connectivity index (χ0) is 11.3. The van der Waals surface area contributed by atoms with Crippen molar-refractivity contribution in [2.24, 2.45) is 0 Å². The molecule has 0 fully saturated rings. The van der Waals surface area contributed by atoms with E-state index in [0.717, 1.165) is 5.56 Å². The summed E-state index contributed by atoms with van der Waals surface area (Å²) in [4.78, 5) is 0. The molecular weight excluding hydrogens is 265 g/mol. The van der Waals surface area contributed by atoms with Gasteiger partial charge < -0.3 is 15.5 Å². The lowest BCUT2D eigenvalue weighted by atomic mass is 10.2. The van der Waals surface area contributed by atoms with Crippen LogP contribution in [0.1, 0.15) is 5.56 Å². The molecule has 3 nitrogen and oxygen atoms in total. The first-order valence-electron chi connectivity index (χ1n) is 4.57. The molecule has 0 unspecified atom stereocenters. The molecule has 0 heterocycles. The largest absolute Gasteiger partial charge is 0.394 e. The molecule has 0 aliphatic rings. The lowest BCUT2D eigenvalue weighted by Gasteiger charge is -2.09. The third kappa shape index (κ3) is 4.25. The summed E-state index contributed by atoms with van der Waals surface area (Å²) in [5.41, 5.74) is 0.904. The Hall–Kier alpha value is -0.490. The van der Waals surface area contributed by atoms with Crippen LogP contribution in [0.25, 0.3) is 0 Å². The van der Waals surface area contributed by atoms with Crippen molar-refractivity contribution in [3.05, 3.63) is 34.1 Å². The highest BCUT2D eigenvalue weighted by Crippen LogP contribution is 2.17. The second kappa shape index (κ2) is 6.17. The van der Waals surface area contributed by atoms with Gasteiger partial charge in [-0.25, -0.2) is 4.39 Å². The van der Waals surface area contributed by atoms with Crippen molar-refractivity contribution in [2.75, 3.05) is 13.2 Å². The zero-order valence-electron chi connectivity index (χ0n) is 8.08. The fraction of sp³-hybridized carbons (Fsp3) is 0.400. The highest BCUT2D eigenvalue weighted by atomic mass is 79.9. The van der Waals surface area contributed by atoms with Gasteiger partial charge in [0.2, 0.25) is 0 Å². The standard InChI is InChI=1S/C10H13BrFNO2/c11-10-3-8(12)2-1-7(10)4-13-5-9(15)6-14/h1-3,9,13-15H,4-6H2/t9-/m1/s1. The normalized spacial score (nSPS) is 12.8. The molecule has 0 saturated heterocycles. The summed E-state index contributed by atoms with van der Waals surface area (Å²) in [6, 6.07) is 4.43. The maximum atomic E-state index is 12.7. The molecule has 84 valence electrons. The van der Waals surface area contributed by atoms with Crippen molar-refractivity contribution in [3.8, 4) is 0 Å². The van der Waals surface area contributed by atoms with E-state index in [1.165, 1.54) is 12.1 Å². The summed E-state index contributed by atoms with van der Waals surface area (Å²) < 4.78 is 13.4. The maximum Gasteiger partial charge on any atom is 0.124 e. The molecule has 3 N–H and O–H groups in total. The van der Waals surface area contributed by atoms with E-state index >= 15 is 0 Å². The van der Waals surface area contributed by atoms with Crippen LogP contribution in [0.5, 0.6) is 0 Å². The van der Waals surface area contributed by atoms with Crippen LogP contribution in [-0.2, 0) is 6.54 Å². The Bertz CT molecular complexity index is 322. The molecule has 0 aromatic heterocycles. The fourth-order valence-electron chi connectivity index (χ4n) is 1.10. The Morgan fingerprint density at radius 1 is 1.47 bits per heavy atom. The van der Waals surface area contributed by atoms with E-state index in [-0.39, 0.29) is 12.4 Å². The molecule has 0 spiro atoms. The van der Waals surface area contributed by atoms with Crippen molar-refractivity contribution in [3.63, 3.8) is 0 Å². The van der Waals surface area contributed by atoms with Gasteiger partial charge in [-0.15, -0.1) is 0 Å². The highest BCUT2D eigenvalue weighted by Gasteiger charge is 2.03. The van der Waals surface area contributed by atoms with Crippen LogP contribution in [0.15, 0.2) is 22.7 Å². The smallest absolute Gasteiger partial charge is 0.124 e. The van der Waals surface area contributed by atoms with Crippen LogP contribution in [-0.4, -0.2) is 29.5 Å². The lowest BCUT2D eigenvalue weighted by Crippen LogP contribution is -2.29. The van der Waals surface area contributed by atoms with Crippen molar-refractivity contribution in [1.82, 2.24) is 5.32 Å². The van der Waals surface area contributed by atoms with Gasteiger partial charge in [0.25, 0.3) is 0 Å². The van der Waals surface area contributed by atoms with Crippen molar-refractivity contribution >= 4 is 15.9 Å². The average molecular weight is 278 g/mol. The molecule has 1 atom stereocenters. The molecule has 0 saturated carbocycles. The van der Waals surface area contributed by atoms with Crippen LogP contribution in [0, 0.1) is 5.82 Å². The molecule has 0 aliphatic carbocycles. The van der Waals surface area contributed by atoms with Crippen molar-refractivity contribution in [1.29, 1.82) is 0 Å². The Morgan fingerprint density at radius 3 is 2.80 bits per heavy atom. The van der Waals surface area contributed by atoms with Gasteiger partial charge in [0, 0.05) is 17.6 Å². The van der Waals surface area contributed by atoms with E-state index in [1.54, 1.807) is 6.07 Å². The summed E-state index contributed by atoms with van der Waals surface area (Å²) in [5.74, 6) is -0.291. The molecule has 0 amide bonds. The molecular formula is C10H13BrFNO2. The van der Waals surface area contributed by atoms with E-state index < -0.39 is 6.10 Å². The number of hydrogen-bond acceptors (Lipinski definition) is 3. The Morgan fingerprint density at radius 2 is 2.20 bits per heavy atom. The van der Waals surface area contributed by atoms with Crippen LogP contribution >= 0.6 is 15.9 Å². The first-order valence-corrected chi connectivity index (χ1v) is 5.36. The number of hydrogen-bond donors (Lipinski definition) is 3. The second-order valence-electron chi connectivity index (χ2n) is 3.20. The monoisotopic (exact) mass is 277 g/mol. The van der Waals surface area contributed by atoms with Gasteiger partial charge in [0.05, 0.1) is 12.7 Å². The first kappa shape index (κ1) is 12.6. The number of halogens is 2. The molecule has 15 heavy (non-hydrogen) atoms. The van der Waals surface area contributed by atoms with Gasteiger partial charge in [0.15, 0.2) is 0 Å². The number of rotatable bonds is 5. The third-order valence-corrected chi connectivity index (χ3v) is 2.66. The van der Waals surface area contributed by atoms with E-state index in [1.807, 2.05) is 0 Å². The number of aliphatic hydroxyl groups excluding tert-OH is 2.